The molecule has 7 heteroatoms. The second kappa shape index (κ2) is 8.91. The summed E-state index contributed by atoms with van der Waals surface area (Å²) in [5.41, 5.74) is 5.48. The number of carbonyl (C=O) groups is 2. The van der Waals surface area contributed by atoms with E-state index < -0.39 is 0 Å². The molecular formula is C11H18ClN3O2S. The third-order valence-corrected chi connectivity index (χ3v) is 2.85. The lowest BCUT2D eigenvalue weighted by Gasteiger charge is -2.07. The van der Waals surface area contributed by atoms with Crippen molar-refractivity contribution >= 4 is 35.6 Å². The minimum Gasteiger partial charge on any atom is -0.354 e. The van der Waals surface area contributed by atoms with Crippen molar-refractivity contribution < 1.29 is 9.59 Å². The summed E-state index contributed by atoms with van der Waals surface area (Å²) >= 11 is 1.39. The molecule has 1 atom stereocenters. The average molecular weight is 292 g/mol. The van der Waals surface area contributed by atoms with Crippen molar-refractivity contribution in [2.45, 2.75) is 19.4 Å². The normalized spacial score (nSPS) is 11.2. The van der Waals surface area contributed by atoms with Crippen LogP contribution in [0, 0.1) is 0 Å². The van der Waals surface area contributed by atoms with Crippen LogP contribution in [0.2, 0.25) is 0 Å². The number of amides is 2. The van der Waals surface area contributed by atoms with E-state index in [1.54, 1.807) is 13.0 Å². The Morgan fingerprint density at radius 1 is 1.39 bits per heavy atom. The summed E-state index contributed by atoms with van der Waals surface area (Å²) in [6.07, 6.45) is 0.304. The first kappa shape index (κ1) is 16.9. The van der Waals surface area contributed by atoms with Gasteiger partial charge in [0, 0.05) is 25.6 Å². The van der Waals surface area contributed by atoms with E-state index >= 15 is 0 Å². The number of halogens is 1. The maximum Gasteiger partial charge on any atom is 0.261 e. The molecule has 1 aromatic rings. The fourth-order valence-corrected chi connectivity index (χ4v) is 1.88. The molecule has 0 aromatic carbocycles. The first-order valence-corrected chi connectivity index (χ1v) is 6.31. The molecule has 1 aromatic heterocycles. The average Bonchev–Trinajstić information content (AvgIpc) is 2.76. The van der Waals surface area contributed by atoms with Gasteiger partial charge >= 0.3 is 0 Å². The number of hydrogen-bond donors (Lipinski definition) is 3. The van der Waals surface area contributed by atoms with Crippen LogP contribution in [0.15, 0.2) is 17.5 Å². The lowest BCUT2D eigenvalue weighted by Crippen LogP contribution is -2.36. The van der Waals surface area contributed by atoms with Gasteiger partial charge in [0.1, 0.15) is 0 Å². The van der Waals surface area contributed by atoms with Gasteiger partial charge in [-0.15, -0.1) is 23.7 Å². The molecule has 0 fully saturated rings. The molecule has 2 amide bonds. The van der Waals surface area contributed by atoms with Gasteiger partial charge in [-0.2, -0.15) is 0 Å². The minimum absolute atomic E-state index is 0. The van der Waals surface area contributed by atoms with E-state index in [2.05, 4.69) is 10.6 Å². The molecule has 0 aliphatic carbocycles. The highest BCUT2D eigenvalue weighted by atomic mass is 35.5. The van der Waals surface area contributed by atoms with E-state index in [4.69, 9.17) is 5.73 Å². The first-order valence-electron chi connectivity index (χ1n) is 5.43. The van der Waals surface area contributed by atoms with Gasteiger partial charge in [0.25, 0.3) is 5.91 Å². The van der Waals surface area contributed by atoms with Crippen LogP contribution >= 0.6 is 23.7 Å². The van der Waals surface area contributed by atoms with E-state index in [1.165, 1.54) is 11.3 Å². The van der Waals surface area contributed by atoms with Gasteiger partial charge in [-0.3, -0.25) is 9.59 Å². The van der Waals surface area contributed by atoms with Crippen LogP contribution in [0.3, 0.4) is 0 Å². The SMILES string of the molecule is CC(N)CC(=O)NCCNC(=O)c1cccs1.Cl. The Morgan fingerprint density at radius 2 is 2.06 bits per heavy atom. The van der Waals surface area contributed by atoms with E-state index in [-0.39, 0.29) is 30.3 Å². The van der Waals surface area contributed by atoms with Gasteiger partial charge in [0.15, 0.2) is 0 Å². The van der Waals surface area contributed by atoms with Gasteiger partial charge in [0.2, 0.25) is 5.91 Å². The molecule has 1 unspecified atom stereocenters. The summed E-state index contributed by atoms with van der Waals surface area (Å²) in [6.45, 7) is 2.61. The second-order valence-electron chi connectivity index (χ2n) is 3.76. The number of nitrogens with one attached hydrogen (secondary N) is 2. The number of thiophene rings is 1. The van der Waals surface area contributed by atoms with E-state index in [1.807, 2.05) is 11.4 Å². The van der Waals surface area contributed by atoms with Crippen molar-refractivity contribution in [1.82, 2.24) is 10.6 Å². The molecule has 102 valence electrons. The lowest BCUT2D eigenvalue weighted by molar-refractivity contribution is -0.121. The molecule has 0 bridgehead atoms. The van der Waals surface area contributed by atoms with Crippen molar-refractivity contribution in [3.05, 3.63) is 22.4 Å². The second-order valence-corrected chi connectivity index (χ2v) is 4.71. The highest BCUT2D eigenvalue weighted by Gasteiger charge is 2.06. The van der Waals surface area contributed by atoms with Crippen molar-refractivity contribution in [2.75, 3.05) is 13.1 Å². The maximum absolute atomic E-state index is 11.5. The quantitative estimate of drug-likeness (QED) is 0.676. The zero-order valence-electron chi connectivity index (χ0n) is 10.1. The number of hydrogen-bond acceptors (Lipinski definition) is 4. The topological polar surface area (TPSA) is 84.2 Å². The number of rotatable bonds is 6. The molecule has 1 rings (SSSR count). The van der Waals surface area contributed by atoms with Gasteiger partial charge < -0.3 is 16.4 Å². The Labute approximate surface area is 117 Å². The Bertz CT molecular complexity index is 368. The Hall–Kier alpha value is -1.11. The van der Waals surface area contributed by atoms with E-state index in [0.717, 1.165) is 0 Å². The molecule has 1 heterocycles. The van der Waals surface area contributed by atoms with Crippen LogP contribution < -0.4 is 16.4 Å². The molecule has 0 radical (unpaired) electrons. The fraction of sp³-hybridized carbons (Fsp3) is 0.455. The summed E-state index contributed by atoms with van der Waals surface area (Å²) in [5, 5.41) is 7.25. The Morgan fingerprint density at radius 3 is 2.61 bits per heavy atom. The highest BCUT2D eigenvalue weighted by molar-refractivity contribution is 7.12. The van der Waals surface area contributed by atoms with Crippen LogP contribution in [0.4, 0.5) is 0 Å². The molecule has 18 heavy (non-hydrogen) atoms. The standard InChI is InChI=1S/C11H17N3O2S.ClH/c1-8(12)7-10(15)13-4-5-14-11(16)9-3-2-6-17-9;/h2-3,6,8H,4-5,7,12H2,1H3,(H,13,15)(H,14,16);1H. The summed E-state index contributed by atoms with van der Waals surface area (Å²) < 4.78 is 0. The van der Waals surface area contributed by atoms with E-state index in [0.29, 0.717) is 24.4 Å². The van der Waals surface area contributed by atoms with Crippen LogP contribution in [0.1, 0.15) is 23.0 Å². The van der Waals surface area contributed by atoms with Gasteiger partial charge in [0.05, 0.1) is 4.88 Å². The molecule has 5 nitrogen and oxygen atoms in total. The van der Waals surface area contributed by atoms with Gasteiger partial charge in [-0.05, 0) is 18.4 Å². The molecule has 4 N–H and O–H groups in total. The zero-order chi connectivity index (χ0) is 12.7. The lowest BCUT2D eigenvalue weighted by atomic mass is 10.2. The Kier molecular flexibility index (Phi) is 8.36. The van der Waals surface area contributed by atoms with Crippen LogP contribution in [0.25, 0.3) is 0 Å². The van der Waals surface area contributed by atoms with Crippen molar-refractivity contribution in [3.8, 4) is 0 Å². The first-order chi connectivity index (χ1) is 8.09. The smallest absolute Gasteiger partial charge is 0.261 e. The van der Waals surface area contributed by atoms with E-state index in [9.17, 15) is 9.59 Å². The summed E-state index contributed by atoms with van der Waals surface area (Å²) in [4.78, 5) is 23.4. The highest BCUT2D eigenvalue weighted by Crippen LogP contribution is 2.07. The monoisotopic (exact) mass is 291 g/mol. The molecule has 0 saturated carbocycles. The Balaban J connectivity index is 0.00000289. The summed E-state index contributed by atoms with van der Waals surface area (Å²) in [5.74, 6) is -0.202. The van der Waals surface area contributed by atoms with Crippen molar-refractivity contribution in [3.63, 3.8) is 0 Å². The van der Waals surface area contributed by atoms with Crippen molar-refractivity contribution in [1.29, 1.82) is 0 Å². The summed E-state index contributed by atoms with van der Waals surface area (Å²) in [6, 6.07) is 3.44. The largest absolute Gasteiger partial charge is 0.354 e. The van der Waals surface area contributed by atoms with Crippen LogP contribution in [0.5, 0.6) is 0 Å². The zero-order valence-corrected chi connectivity index (χ0v) is 11.8. The van der Waals surface area contributed by atoms with Crippen LogP contribution in [-0.4, -0.2) is 30.9 Å². The van der Waals surface area contributed by atoms with Gasteiger partial charge in [-0.25, -0.2) is 0 Å². The predicted molar refractivity (Wildman–Crippen MR) is 75.2 cm³/mol. The molecule has 0 spiro atoms. The minimum atomic E-state index is -0.143. The van der Waals surface area contributed by atoms with Crippen LogP contribution in [-0.2, 0) is 4.79 Å². The van der Waals surface area contributed by atoms with Gasteiger partial charge in [-0.1, -0.05) is 6.07 Å². The maximum atomic E-state index is 11.5. The number of nitrogens with two attached hydrogens (primary N) is 1. The third kappa shape index (κ3) is 6.58. The number of carbonyl (C=O) groups excluding carboxylic acids is 2. The third-order valence-electron chi connectivity index (χ3n) is 1.99. The molecule has 0 aliphatic heterocycles. The van der Waals surface area contributed by atoms with Crippen molar-refractivity contribution in [2.24, 2.45) is 5.73 Å². The molecule has 0 aliphatic rings. The molecular weight excluding hydrogens is 274 g/mol. The fourth-order valence-electron chi connectivity index (χ4n) is 1.24. The predicted octanol–water partition coefficient (Wildman–Crippen LogP) is 0.753. The summed E-state index contributed by atoms with van der Waals surface area (Å²) in [7, 11) is 0. The molecule has 0 saturated heterocycles.